The second-order valence-electron chi connectivity index (χ2n) is 12.0. The summed E-state index contributed by atoms with van der Waals surface area (Å²) in [5.74, 6) is 0. The van der Waals surface area contributed by atoms with Gasteiger partial charge < -0.3 is 4.57 Å². The summed E-state index contributed by atoms with van der Waals surface area (Å²) in [4.78, 5) is 0. The first-order chi connectivity index (χ1) is 23.3. The first-order valence-corrected chi connectivity index (χ1v) is 15.9. The average molecular weight is 597 g/mol. The highest BCUT2D eigenvalue weighted by Crippen LogP contribution is 2.45. The third kappa shape index (κ3) is 4.26. The highest BCUT2D eigenvalue weighted by atomic mass is 15.0. The minimum atomic E-state index is 0.634. The van der Waals surface area contributed by atoms with E-state index in [0.717, 1.165) is 39.0 Å². The summed E-state index contributed by atoms with van der Waals surface area (Å²) in [7, 11) is 0. The normalized spacial score (nSPS) is 11.4. The smallest absolute Gasteiger partial charge is 0.0992 e. The summed E-state index contributed by atoms with van der Waals surface area (Å²) in [5.41, 5.74) is 10.7. The second-order valence-corrected chi connectivity index (χ2v) is 12.0. The molecule has 0 N–H and O–H groups in total. The van der Waals surface area contributed by atoms with Crippen molar-refractivity contribution in [2.45, 2.75) is 0 Å². The van der Waals surface area contributed by atoms with E-state index in [1.54, 1.807) is 0 Å². The molecule has 0 atom stereocenters. The Balaban J connectivity index is 1.34. The van der Waals surface area contributed by atoms with E-state index < -0.39 is 0 Å². The van der Waals surface area contributed by atoms with Crippen LogP contribution in [0.4, 0.5) is 0 Å². The van der Waals surface area contributed by atoms with Crippen molar-refractivity contribution in [3.8, 4) is 45.1 Å². The molecule has 0 radical (unpaired) electrons. The third-order valence-corrected chi connectivity index (χ3v) is 9.38. The van der Waals surface area contributed by atoms with Crippen molar-refractivity contribution in [3.05, 3.63) is 175 Å². The number of benzene rings is 8. The standard InChI is InChI=1S/C45H28N2/c46-29-30-26-32(34-16-8-11-23-41(34)47-42-24-12-9-17-35(42)36-18-10-13-25-43(36)47)28-33(27-30)45-39-21-6-4-19-37(39)44(31-14-2-1-3-15-31)38-20-5-7-22-40(38)45/h1-28H. The van der Waals surface area contributed by atoms with E-state index in [9.17, 15) is 5.26 Å². The molecule has 0 aliphatic carbocycles. The molecular formula is C45H28N2. The largest absolute Gasteiger partial charge is 0.309 e. The van der Waals surface area contributed by atoms with Gasteiger partial charge in [0.2, 0.25) is 0 Å². The van der Waals surface area contributed by atoms with E-state index >= 15 is 0 Å². The molecular weight excluding hydrogens is 569 g/mol. The van der Waals surface area contributed by atoms with Crippen LogP contribution in [0.3, 0.4) is 0 Å². The highest BCUT2D eigenvalue weighted by Gasteiger charge is 2.19. The second kappa shape index (κ2) is 10.9. The van der Waals surface area contributed by atoms with Crippen LogP contribution in [0.5, 0.6) is 0 Å². The van der Waals surface area contributed by atoms with Gasteiger partial charge in [-0.3, -0.25) is 0 Å². The summed E-state index contributed by atoms with van der Waals surface area (Å²) in [6.07, 6.45) is 0. The maximum Gasteiger partial charge on any atom is 0.0992 e. The van der Waals surface area contributed by atoms with Gasteiger partial charge in [0.1, 0.15) is 0 Å². The monoisotopic (exact) mass is 596 g/mol. The van der Waals surface area contributed by atoms with Crippen molar-refractivity contribution >= 4 is 43.4 Å². The van der Waals surface area contributed by atoms with Crippen LogP contribution in [0.1, 0.15) is 5.56 Å². The molecule has 1 aromatic heterocycles. The minimum absolute atomic E-state index is 0.634. The summed E-state index contributed by atoms with van der Waals surface area (Å²) >= 11 is 0. The van der Waals surface area contributed by atoms with Gasteiger partial charge in [-0.1, -0.05) is 133 Å². The highest BCUT2D eigenvalue weighted by molar-refractivity contribution is 6.21. The Morgan fingerprint density at radius 3 is 1.40 bits per heavy atom. The lowest BCUT2D eigenvalue weighted by molar-refractivity contribution is 1.18. The fourth-order valence-electron chi connectivity index (χ4n) is 7.44. The number of aromatic nitrogens is 1. The number of para-hydroxylation sites is 3. The zero-order chi connectivity index (χ0) is 31.3. The molecule has 0 amide bonds. The van der Waals surface area contributed by atoms with Gasteiger partial charge in [0.25, 0.3) is 0 Å². The minimum Gasteiger partial charge on any atom is -0.309 e. The van der Waals surface area contributed by atoms with E-state index in [0.29, 0.717) is 5.56 Å². The number of fused-ring (bicyclic) bond motifs is 5. The summed E-state index contributed by atoms with van der Waals surface area (Å²) in [6.45, 7) is 0. The van der Waals surface area contributed by atoms with E-state index in [4.69, 9.17) is 0 Å². The van der Waals surface area contributed by atoms with Gasteiger partial charge in [0.15, 0.2) is 0 Å². The molecule has 8 aromatic carbocycles. The summed E-state index contributed by atoms with van der Waals surface area (Å²) in [6, 6.07) is 62.5. The zero-order valence-electron chi connectivity index (χ0n) is 25.6. The Hall–Kier alpha value is -6.43. The van der Waals surface area contributed by atoms with Crippen molar-refractivity contribution in [1.82, 2.24) is 4.57 Å². The molecule has 2 heteroatoms. The Bertz CT molecular complexity index is 2580. The lowest BCUT2D eigenvalue weighted by Crippen LogP contribution is -1.98. The van der Waals surface area contributed by atoms with Gasteiger partial charge in [0, 0.05) is 16.3 Å². The molecule has 0 spiro atoms. The lowest BCUT2D eigenvalue weighted by Gasteiger charge is -2.19. The van der Waals surface area contributed by atoms with Gasteiger partial charge >= 0.3 is 0 Å². The lowest BCUT2D eigenvalue weighted by atomic mass is 9.85. The first kappa shape index (κ1) is 26.9. The van der Waals surface area contributed by atoms with E-state index in [-0.39, 0.29) is 0 Å². The zero-order valence-corrected chi connectivity index (χ0v) is 25.6. The molecule has 0 aliphatic rings. The molecule has 0 saturated heterocycles. The van der Waals surface area contributed by atoms with Crippen LogP contribution in [0.15, 0.2) is 170 Å². The van der Waals surface area contributed by atoms with Crippen molar-refractivity contribution in [3.63, 3.8) is 0 Å². The van der Waals surface area contributed by atoms with Crippen LogP contribution in [0.25, 0.3) is 82.4 Å². The Morgan fingerprint density at radius 1 is 0.383 bits per heavy atom. The number of hydrogen-bond acceptors (Lipinski definition) is 1. The van der Waals surface area contributed by atoms with Crippen molar-refractivity contribution in [2.75, 3.05) is 0 Å². The predicted molar refractivity (Wildman–Crippen MR) is 197 cm³/mol. The van der Waals surface area contributed by atoms with Crippen LogP contribution < -0.4 is 0 Å². The molecule has 0 fully saturated rings. The number of rotatable bonds is 4. The molecule has 47 heavy (non-hydrogen) atoms. The van der Waals surface area contributed by atoms with Crippen LogP contribution >= 0.6 is 0 Å². The molecule has 0 aliphatic heterocycles. The Morgan fingerprint density at radius 2 is 0.830 bits per heavy atom. The molecule has 0 unspecified atom stereocenters. The fourth-order valence-corrected chi connectivity index (χ4v) is 7.44. The van der Waals surface area contributed by atoms with Gasteiger partial charge in [-0.25, -0.2) is 0 Å². The summed E-state index contributed by atoms with van der Waals surface area (Å²) in [5, 5.41) is 17.6. The first-order valence-electron chi connectivity index (χ1n) is 15.9. The number of hydrogen-bond donors (Lipinski definition) is 0. The predicted octanol–water partition coefficient (Wildman–Crippen LogP) is 12.0. The van der Waals surface area contributed by atoms with Crippen molar-refractivity contribution in [1.29, 1.82) is 5.26 Å². The maximum absolute atomic E-state index is 10.4. The Kier molecular flexibility index (Phi) is 6.23. The third-order valence-electron chi connectivity index (χ3n) is 9.38. The Labute approximate surface area is 273 Å². The topological polar surface area (TPSA) is 28.7 Å². The molecule has 0 bridgehead atoms. The van der Waals surface area contributed by atoms with E-state index in [2.05, 4.69) is 168 Å². The number of nitrogens with zero attached hydrogens (tertiary/aromatic N) is 2. The van der Waals surface area contributed by atoms with Gasteiger partial charge in [-0.2, -0.15) is 5.26 Å². The van der Waals surface area contributed by atoms with Crippen LogP contribution in [0, 0.1) is 11.3 Å². The SMILES string of the molecule is N#Cc1cc(-c2ccccc2-n2c3ccccc3c3ccccc32)cc(-c2c3ccccc3c(-c3ccccc3)c3ccccc23)c1. The van der Waals surface area contributed by atoms with E-state index in [1.807, 2.05) is 12.1 Å². The van der Waals surface area contributed by atoms with Crippen molar-refractivity contribution < 1.29 is 0 Å². The van der Waals surface area contributed by atoms with Crippen LogP contribution in [-0.4, -0.2) is 4.57 Å². The van der Waals surface area contributed by atoms with Gasteiger partial charge in [0.05, 0.1) is 28.4 Å². The van der Waals surface area contributed by atoms with Gasteiger partial charge in [-0.05, 0) is 85.8 Å². The molecule has 9 rings (SSSR count). The van der Waals surface area contributed by atoms with Gasteiger partial charge in [-0.15, -0.1) is 0 Å². The van der Waals surface area contributed by atoms with Crippen LogP contribution in [-0.2, 0) is 0 Å². The fraction of sp³-hybridized carbons (Fsp3) is 0. The maximum atomic E-state index is 10.4. The quantitative estimate of drug-likeness (QED) is 0.186. The molecule has 1 heterocycles. The molecule has 0 saturated carbocycles. The summed E-state index contributed by atoms with van der Waals surface area (Å²) < 4.78 is 2.36. The van der Waals surface area contributed by atoms with Crippen molar-refractivity contribution in [2.24, 2.45) is 0 Å². The average Bonchev–Trinajstić information content (AvgIpc) is 3.48. The molecule has 9 aromatic rings. The molecule has 218 valence electrons. The van der Waals surface area contributed by atoms with Crippen LogP contribution in [0.2, 0.25) is 0 Å². The van der Waals surface area contributed by atoms with E-state index in [1.165, 1.54) is 43.4 Å². The molecule has 2 nitrogen and oxygen atoms in total. The number of nitriles is 1.